The van der Waals surface area contributed by atoms with E-state index in [1.165, 1.54) is 51.6 Å². The number of carboxylic acid groups (broad SMARTS) is 1. The molecule has 0 unspecified atom stereocenters. The van der Waals surface area contributed by atoms with Gasteiger partial charge < -0.3 is 14.6 Å². The van der Waals surface area contributed by atoms with E-state index in [0.717, 1.165) is 43.6 Å². The van der Waals surface area contributed by atoms with Crippen LogP contribution >= 0.6 is 11.8 Å². The molecule has 176 valence electrons. The number of aryl methyl sites for hydroxylation is 1. The lowest BCUT2D eigenvalue weighted by Crippen LogP contribution is -2.24. The third-order valence-corrected chi connectivity index (χ3v) is 7.16. The lowest BCUT2D eigenvalue weighted by molar-refractivity contribution is -0.301. The van der Waals surface area contributed by atoms with Crippen molar-refractivity contribution in [3.63, 3.8) is 0 Å². The van der Waals surface area contributed by atoms with Gasteiger partial charge in [0.05, 0.1) is 12.6 Å². The molecular formula is C30H31O3S-. The fraction of sp³-hybridized carbons (Fsp3) is 0.300. The van der Waals surface area contributed by atoms with Crippen LogP contribution < -0.4 is 9.84 Å². The predicted molar refractivity (Wildman–Crippen MR) is 140 cm³/mol. The van der Waals surface area contributed by atoms with E-state index in [1.807, 2.05) is 0 Å². The minimum absolute atomic E-state index is 0.0789. The maximum absolute atomic E-state index is 10.4. The number of ether oxygens (including phenoxy) is 1. The second-order valence-electron chi connectivity index (χ2n) is 8.59. The standard InChI is InChI=1S/C30H32O3S/c31-29(32)22-34-21-8-2-7-20-33-26-18-16-25(17-19-26)30(24-11-3-1-4-12-24)28-15-9-13-23-10-5-6-14-27(23)28/h1,3-6,10-12,14,16-19H,2,7-9,13,15,20-22H2,(H,31,32)/p-1/b30-28+. The number of carbonyl (C=O) groups excluding carboxylic acids is 1. The van der Waals surface area contributed by atoms with Crippen LogP contribution in [0.4, 0.5) is 0 Å². The zero-order valence-electron chi connectivity index (χ0n) is 19.5. The summed E-state index contributed by atoms with van der Waals surface area (Å²) in [6.45, 7) is 0.671. The summed E-state index contributed by atoms with van der Waals surface area (Å²) in [6.07, 6.45) is 6.39. The van der Waals surface area contributed by atoms with E-state index in [9.17, 15) is 9.90 Å². The zero-order chi connectivity index (χ0) is 23.6. The van der Waals surface area contributed by atoms with E-state index >= 15 is 0 Å². The molecule has 1 aliphatic carbocycles. The summed E-state index contributed by atoms with van der Waals surface area (Å²) in [5.41, 5.74) is 8.03. The normalized spacial score (nSPS) is 14.4. The van der Waals surface area contributed by atoms with Crippen LogP contribution in [0.3, 0.4) is 0 Å². The molecule has 0 aromatic heterocycles. The van der Waals surface area contributed by atoms with Crippen molar-refractivity contribution in [1.82, 2.24) is 0 Å². The lowest BCUT2D eigenvalue weighted by atomic mass is 9.81. The smallest absolute Gasteiger partial charge is 0.119 e. The molecule has 0 saturated heterocycles. The largest absolute Gasteiger partial charge is 0.549 e. The highest BCUT2D eigenvalue weighted by atomic mass is 32.2. The van der Waals surface area contributed by atoms with E-state index in [-0.39, 0.29) is 5.75 Å². The number of unbranched alkanes of at least 4 members (excludes halogenated alkanes) is 2. The number of carbonyl (C=O) groups is 1. The fourth-order valence-electron chi connectivity index (χ4n) is 4.55. The van der Waals surface area contributed by atoms with Crippen molar-refractivity contribution in [1.29, 1.82) is 0 Å². The molecule has 3 aromatic carbocycles. The monoisotopic (exact) mass is 471 g/mol. The summed E-state index contributed by atoms with van der Waals surface area (Å²) in [6, 6.07) is 28.0. The Hall–Kier alpha value is -2.98. The van der Waals surface area contributed by atoms with Gasteiger partial charge in [0.25, 0.3) is 0 Å². The number of fused-ring (bicyclic) bond motifs is 1. The molecule has 1 aliphatic rings. The van der Waals surface area contributed by atoms with Crippen LogP contribution in [0, 0.1) is 0 Å². The van der Waals surface area contributed by atoms with Gasteiger partial charge in [0, 0.05) is 5.75 Å². The average molecular weight is 472 g/mol. The van der Waals surface area contributed by atoms with Crippen molar-refractivity contribution in [2.45, 2.75) is 38.5 Å². The Labute approximate surface area is 206 Å². The quantitative estimate of drug-likeness (QED) is 0.321. The maximum atomic E-state index is 10.4. The molecule has 4 rings (SSSR count). The molecule has 0 aliphatic heterocycles. The molecule has 0 bridgehead atoms. The van der Waals surface area contributed by atoms with Gasteiger partial charge in [-0.25, -0.2) is 0 Å². The Kier molecular flexibility index (Phi) is 8.86. The van der Waals surface area contributed by atoms with E-state index in [0.29, 0.717) is 6.61 Å². The number of carboxylic acids is 1. The summed E-state index contributed by atoms with van der Waals surface area (Å²) in [5, 5.41) is 10.4. The van der Waals surface area contributed by atoms with Crippen LogP contribution in [0.25, 0.3) is 11.1 Å². The minimum atomic E-state index is -0.990. The van der Waals surface area contributed by atoms with Crippen molar-refractivity contribution < 1.29 is 14.6 Å². The number of aliphatic carboxylic acids is 1. The number of thioether (sulfide) groups is 1. The third-order valence-electron chi connectivity index (χ3n) is 6.14. The van der Waals surface area contributed by atoms with Gasteiger partial charge in [0.1, 0.15) is 5.75 Å². The van der Waals surface area contributed by atoms with Crippen LogP contribution in [0.1, 0.15) is 54.4 Å². The molecule has 0 N–H and O–H groups in total. The topological polar surface area (TPSA) is 49.4 Å². The first kappa shape index (κ1) is 24.2. The number of allylic oxidation sites excluding steroid dienone is 1. The van der Waals surface area contributed by atoms with E-state index < -0.39 is 5.97 Å². The molecule has 0 saturated carbocycles. The van der Waals surface area contributed by atoms with E-state index in [1.54, 1.807) is 0 Å². The Balaban J connectivity index is 1.45. The molecule has 3 nitrogen and oxygen atoms in total. The molecule has 0 spiro atoms. The van der Waals surface area contributed by atoms with Crippen molar-refractivity contribution >= 4 is 28.9 Å². The van der Waals surface area contributed by atoms with Crippen molar-refractivity contribution in [3.05, 3.63) is 101 Å². The van der Waals surface area contributed by atoms with Gasteiger partial charge in [-0.15, -0.1) is 0 Å². The van der Waals surface area contributed by atoms with Crippen molar-refractivity contribution in [2.24, 2.45) is 0 Å². The SMILES string of the molecule is O=C([O-])CSCCCCCOc1ccc(/C(=C2\CCCc3ccccc32)c2ccccc2)cc1. The summed E-state index contributed by atoms with van der Waals surface area (Å²) in [7, 11) is 0. The second kappa shape index (κ2) is 12.5. The molecule has 3 aromatic rings. The van der Waals surface area contributed by atoms with Crippen LogP contribution in [0.15, 0.2) is 78.9 Å². The van der Waals surface area contributed by atoms with Gasteiger partial charge in [-0.1, -0.05) is 66.7 Å². The zero-order valence-corrected chi connectivity index (χ0v) is 20.3. The predicted octanol–water partition coefficient (Wildman–Crippen LogP) is 6.01. The van der Waals surface area contributed by atoms with E-state index in [4.69, 9.17) is 4.74 Å². The highest BCUT2D eigenvalue weighted by Gasteiger charge is 2.19. The van der Waals surface area contributed by atoms with Gasteiger partial charge in [-0.2, -0.15) is 11.8 Å². The van der Waals surface area contributed by atoms with Crippen LogP contribution in [0.5, 0.6) is 5.75 Å². The molecule has 0 radical (unpaired) electrons. The van der Waals surface area contributed by atoms with Gasteiger partial charge in [-0.3, -0.25) is 0 Å². The Morgan fingerprint density at radius 3 is 2.35 bits per heavy atom. The summed E-state index contributed by atoms with van der Waals surface area (Å²) >= 11 is 1.42. The van der Waals surface area contributed by atoms with Crippen molar-refractivity contribution in [3.8, 4) is 5.75 Å². The molecule has 0 heterocycles. The number of rotatable bonds is 11. The minimum Gasteiger partial charge on any atom is -0.549 e. The first-order valence-corrected chi connectivity index (χ1v) is 13.3. The molecule has 34 heavy (non-hydrogen) atoms. The number of benzene rings is 3. The molecular weight excluding hydrogens is 440 g/mol. The van der Waals surface area contributed by atoms with Gasteiger partial charge in [0.15, 0.2) is 0 Å². The molecule has 0 atom stereocenters. The first-order valence-electron chi connectivity index (χ1n) is 12.1. The average Bonchev–Trinajstić information content (AvgIpc) is 2.87. The number of hydrogen-bond acceptors (Lipinski definition) is 4. The maximum Gasteiger partial charge on any atom is 0.119 e. The number of hydrogen-bond donors (Lipinski definition) is 0. The highest BCUT2D eigenvalue weighted by Crippen LogP contribution is 2.39. The van der Waals surface area contributed by atoms with E-state index in [2.05, 4.69) is 78.9 Å². The first-order chi connectivity index (χ1) is 16.7. The molecule has 0 fully saturated rings. The second-order valence-corrected chi connectivity index (χ2v) is 9.69. The summed E-state index contributed by atoms with van der Waals surface area (Å²) in [5.74, 6) is 0.824. The Morgan fingerprint density at radius 1 is 0.824 bits per heavy atom. The van der Waals surface area contributed by atoms with Crippen LogP contribution in [0.2, 0.25) is 0 Å². The van der Waals surface area contributed by atoms with Gasteiger partial charge in [-0.05, 0) is 89.8 Å². The summed E-state index contributed by atoms with van der Waals surface area (Å²) < 4.78 is 5.97. The highest BCUT2D eigenvalue weighted by molar-refractivity contribution is 7.99. The Bertz CT molecular complexity index is 1100. The molecule has 0 amide bonds. The van der Waals surface area contributed by atoms with Crippen molar-refractivity contribution in [2.75, 3.05) is 18.1 Å². The lowest BCUT2D eigenvalue weighted by Gasteiger charge is -2.23. The van der Waals surface area contributed by atoms with Crippen LogP contribution in [-0.4, -0.2) is 24.1 Å². The van der Waals surface area contributed by atoms with Gasteiger partial charge in [0.2, 0.25) is 0 Å². The third kappa shape index (κ3) is 6.54. The van der Waals surface area contributed by atoms with Gasteiger partial charge >= 0.3 is 0 Å². The molecule has 4 heteroatoms. The Morgan fingerprint density at radius 2 is 1.56 bits per heavy atom. The fourth-order valence-corrected chi connectivity index (χ4v) is 5.27. The van der Waals surface area contributed by atoms with Crippen LogP contribution in [-0.2, 0) is 11.2 Å². The summed E-state index contributed by atoms with van der Waals surface area (Å²) in [4.78, 5) is 10.4.